The maximum Gasteiger partial charge on any atom is 0.311 e. The van der Waals surface area contributed by atoms with Gasteiger partial charge in [0.25, 0.3) is 0 Å². The second kappa shape index (κ2) is 7.43. The fraction of sp³-hybridized carbons (Fsp3) is 0.333. The Hall–Kier alpha value is -2.42. The average Bonchev–Trinajstić information content (AvgIpc) is 2.57. The third-order valence-electron chi connectivity index (χ3n) is 4.69. The van der Waals surface area contributed by atoms with Gasteiger partial charge in [-0.2, -0.15) is 0 Å². The molecule has 0 atom stereocenters. The minimum absolute atomic E-state index is 0.276. The summed E-state index contributed by atoms with van der Waals surface area (Å²) >= 11 is 0. The van der Waals surface area contributed by atoms with Crippen molar-refractivity contribution >= 4 is 12.3 Å². The molecule has 0 N–H and O–H groups in total. The lowest BCUT2D eigenvalue weighted by Gasteiger charge is -2.17. The number of hydrogen-bond acceptors (Lipinski definition) is 3. The van der Waals surface area contributed by atoms with Crippen molar-refractivity contribution in [3.8, 4) is 5.75 Å². The lowest BCUT2D eigenvalue weighted by Crippen LogP contribution is -2.13. The number of benzene rings is 2. The summed E-state index contributed by atoms with van der Waals surface area (Å²) in [5.74, 6) is 0.246. The summed E-state index contributed by atoms with van der Waals surface area (Å²) < 4.78 is 5.60. The maximum absolute atomic E-state index is 12.2. The van der Waals surface area contributed by atoms with Gasteiger partial charge in [0, 0.05) is 17.5 Å². The summed E-state index contributed by atoms with van der Waals surface area (Å²) in [6.45, 7) is 9.65. The van der Waals surface area contributed by atoms with Gasteiger partial charge < -0.3 is 4.74 Å². The summed E-state index contributed by atoms with van der Waals surface area (Å²) in [5, 5.41) is 0. The number of aldehydes is 1. The summed E-state index contributed by atoms with van der Waals surface area (Å²) in [6.07, 6.45) is 1.79. The highest BCUT2D eigenvalue weighted by atomic mass is 16.5. The zero-order valence-corrected chi connectivity index (χ0v) is 15.0. The van der Waals surface area contributed by atoms with Crippen LogP contribution >= 0.6 is 0 Å². The van der Waals surface area contributed by atoms with Crippen LogP contribution in [-0.4, -0.2) is 12.3 Å². The number of ether oxygens (including phenoxy) is 1. The van der Waals surface area contributed by atoms with Crippen LogP contribution in [0.3, 0.4) is 0 Å². The SMILES string of the molecule is Cc1ccc(CCC(=O)Oc2c(C)c(C)c(C)c(C=O)c2C)cc1. The highest BCUT2D eigenvalue weighted by Crippen LogP contribution is 2.32. The first kappa shape index (κ1) is 17.9. The molecule has 0 fully saturated rings. The average molecular weight is 324 g/mol. The Labute approximate surface area is 143 Å². The van der Waals surface area contributed by atoms with E-state index in [1.807, 2.05) is 58.9 Å². The summed E-state index contributed by atoms with van der Waals surface area (Å²) in [5.41, 5.74) is 6.50. The highest BCUT2D eigenvalue weighted by Gasteiger charge is 2.18. The molecule has 0 aliphatic rings. The van der Waals surface area contributed by atoms with Crippen LogP contribution < -0.4 is 4.74 Å². The van der Waals surface area contributed by atoms with Crippen molar-refractivity contribution in [3.05, 3.63) is 63.2 Å². The molecular formula is C21H24O3. The van der Waals surface area contributed by atoms with E-state index in [1.54, 1.807) is 0 Å². The normalized spacial score (nSPS) is 10.5. The van der Waals surface area contributed by atoms with Crippen molar-refractivity contribution in [1.29, 1.82) is 0 Å². The maximum atomic E-state index is 12.2. The van der Waals surface area contributed by atoms with Crippen molar-refractivity contribution in [2.45, 2.75) is 47.5 Å². The van der Waals surface area contributed by atoms with Gasteiger partial charge in [-0.05, 0) is 63.3 Å². The molecule has 2 rings (SSSR count). The molecule has 24 heavy (non-hydrogen) atoms. The summed E-state index contributed by atoms with van der Waals surface area (Å²) in [6, 6.07) is 8.13. The van der Waals surface area contributed by atoms with Gasteiger partial charge in [0.1, 0.15) is 5.75 Å². The van der Waals surface area contributed by atoms with Crippen LogP contribution in [0.15, 0.2) is 24.3 Å². The van der Waals surface area contributed by atoms with Gasteiger partial charge in [0.2, 0.25) is 0 Å². The first-order valence-electron chi connectivity index (χ1n) is 8.17. The molecule has 2 aromatic carbocycles. The van der Waals surface area contributed by atoms with Gasteiger partial charge in [-0.15, -0.1) is 0 Å². The molecule has 0 heterocycles. The second-order valence-electron chi connectivity index (χ2n) is 6.32. The van der Waals surface area contributed by atoms with Crippen molar-refractivity contribution in [3.63, 3.8) is 0 Å². The van der Waals surface area contributed by atoms with Gasteiger partial charge in [-0.25, -0.2) is 0 Å². The Bertz CT molecular complexity index is 771. The Balaban J connectivity index is 2.15. The van der Waals surface area contributed by atoms with Crippen LogP contribution in [0, 0.1) is 34.6 Å². The molecule has 2 aromatic rings. The van der Waals surface area contributed by atoms with Crippen LogP contribution in [0.25, 0.3) is 0 Å². The fourth-order valence-corrected chi connectivity index (χ4v) is 2.83. The standard InChI is InChI=1S/C21H24O3/c1-13-6-8-18(9-7-13)10-11-20(23)24-21-16(4)14(2)15(3)19(12-22)17(21)5/h6-9,12H,10-11H2,1-5H3. The van der Waals surface area contributed by atoms with Crippen molar-refractivity contribution < 1.29 is 14.3 Å². The number of carbonyl (C=O) groups excluding carboxylic acids is 2. The lowest BCUT2D eigenvalue weighted by atomic mass is 9.94. The molecule has 3 heteroatoms. The first-order chi connectivity index (χ1) is 11.3. The Morgan fingerprint density at radius 3 is 2.12 bits per heavy atom. The van der Waals surface area contributed by atoms with Gasteiger partial charge >= 0.3 is 5.97 Å². The van der Waals surface area contributed by atoms with Crippen LogP contribution in [0.2, 0.25) is 0 Å². The molecule has 0 bridgehead atoms. The predicted octanol–water partition coefficient (Wildman–Crippen LogP) is 4.58. The number of carbonyl (C=O) groups is 2. The first-order valence-corrected chi connectivity index (χ1v) is 8.17. The van der Waals surface area contributed by atoms with E-state index in [9.17, 15) is 9.59 Å². The highest BCUT2D eigenvalue weighted by molar-refractivity contribution is 5.84. The van der Waals surface area contributed by atoms with E-state index < -0.39 is 0 Å². The Morgan fingerprint density at radius 1 is 0.917 bits per heavy atom. The van der Waals surface area contributed by atoms with Crippen LogP contribution in [-0.2, 0) is 11.2 Å². The number of esters is 1. The molecule has 126 valence electrons. The smallest absolute Gasteiger partial charge is 0.311 e. The quantitative estimate of drug-likeness (QED) is 0.459. The summed E-state index contributed by atoms with van der Waals surface area (Å²) in [7, 11) is 0. The van der Waals surface area contributed by atoms with Gasteiger partial charge in [0.15, 0.2) is 6.29 Å². The van der Waals surface area contributed by atoms with E-state index in [0.29, 0.717) is 24.2 Å². The number of hydrogen-bond donors (Lipinski definition) is 0. The van der Waals surface area contributed by atoms with E-state index in [0.717, 1.165) is 34.1 Å². The van der Waals surface area contributed by atoms with E-state index in [4.69, 9.17) is 4.74 Å². The third kappa shape index (κ3) is 3.73. The van der Waals surface area contributed by atoms with Gasteiger partial charge in [0.05, 0.1) is 0 Å². The zero-order valence-electron chi connectivity index (χ0n) is 15.0. The van der Waals surface area contributed by atoms with Crippen molar-refractivity contribution in [2.75, 3.05) is 0 Å². The molecule has 0 unspecified atom stereocenters. The predicted molar refractivity (Wildman–Crippen MR) is 95.9 cm³/mol. The Morgan fingerprint density at radius 2 is 1.54 bits per heavy atom. The molecule has 0 saturated heterocycles. The topological polar surface area (TPSA) is 43.4 Å². The molecule has 0 radical (unpaired) electrons. The van der Waals surface area contributed by atoms with Crippen LogP contribution in [0.5, 0.6) is 5.75 Å². The molecular weight excluding hydrogens is 300 g/mol. The van der Waals surface area contributed by atoms with E-state index in [2.05, 4.69) is 0 Å². The summed E-state index contributed by atoms with van der Waals surface area (Å²) in [4.78, 5) is 23.6. The fourth-order valence-electron chi connectivity index (χ4n) is 2.83. The van der Waals surface area contributed by atoms with E-state index in [1.165, 1.54) is 5.56 Å². The zero-order chi connectivity index (χ0) is 17.9. The molecule has 0 saturated carbocycles. The minimum Gasteiger partial charge on any atom is -0.426 e. The molecule has 0 amide bonds. The van der Waals surface area contributed by atoms with E-state index >= 15 is 0 Å². The molecule has 0 aromatic heterocycles. The van der Waals surface area contributed by atoms with Crippen LogP contribution in [0.1, 0.15) is 50.2 Å². The second-order valence-corrected chi connectivity index (χ2v) is 6.32. The molecule has 0 aliphatic heterocycles. The number of aryl methyl sites for hydroxylation is 2. The van der Waals surface area contributed by atoms with Crippen LogP contribution in [0.4, 0.5) is 0 Å². The largest absolute Gasteiger partial charge is 0.426 e. The van der Waals surface area contributed by atoms with Crippen molar-refractivity contribution in [2.24, 2.45) is 0 Å². The minimum atomic E-state index is -0.276. The van der Waals surface area contributed by atoms with Gasteiger partial charge in [-0.3, -0.25) is 9.59 Å². The Kier molecular flexibility index (Phi) is 5.55. The van der Waals surface area contributed by atoms with Crippen molar-refractivity contribution in [1.82, 2.24) is 0 Å². The molecule has 0 spiro atoms. The third-order valence-corrected chi connectivity index (χ3v) is 4.69. The molecule has 3 nitrogen and oxygen atoms in total. The van der Waals surface area contributed by atoms with Gasteiger partial charge in [-0.1, -0.05) is 29.8 Å². The number of rotatable bonds is 5. The lowest BCUT2D eigenvalue weighted by molar-refractivity contribution is -0.134. The molecule has 0 aliphatic carbocycles. The monoisotopic (exact) mass is 324 g/mol. The van der Waals surface area contributed by atoms with E-state index in [-0.39, 0.29) is 5.97 Å².